The van der Waals surface area contributed by atoms with Crippen molar-refractivity contribution < 1.29 is 4.42 Å². The Labute approximate surface area is 140 Å². The van der Waals surface area contributed by atoms with Crippen LogP contribution in [0.1, 0.15) is 11.5 Å². The number of fused-ring (bicyclic) bond motifs is 1. The van der Waals surface area contributed by atoms with Crippen LogP contribution in [0.4, 0.5) is 5.82 Å². The molecule has 3 aromatic heterocycles. The van der Waals surface area contributed by atoms with Crippen molar-refractivity contribution in [1.29, 1.82) is 0 Å². The van der Waals surface area contributed by atoms with Gasteiger partial charge in [-0.25, -0.2) is 0 Å². The number of hydrogen-bond donors (Lipinski definition) is 3. The summed E-state index contributed by atoms with van der Waals surface area (Å²) in [4.78, 5) is 11.8. The minimum atomic E-state index is 0.198. The molecule has 0 unspecified atom stereocenters. The Morgan fingerprint density at radius 2 is 2.27 bits per heavy atom. The summed E-state index contributed by atoms with van der Waals surface area (Å²) in [5.41, 5.74) is 1.77. The zero-order chi connectivity index (χ0) is 15.5. The molecule has 0 aliphatic carbocycles. The minimum Gasteiger partial charge on any atom is -0.467 e. The molecule has 22 heavy (non-hydrogen) atoms. The molecule has 0 radical (unpaired) electrons. The summed E-state index contributed by atoms with van der Waals surface area (Å²) in [6.07, 6.45) is 2.49. The molecule has 0 aliphatic heterocycles. The third-order valence-electron chi connectivity index (χ3n) is 3.27. The van der Waals surface area contributed by atoms with Crippen LogP contribution >= 0.6 is 27.5 Å². The van der Waals surface area contributed by atoms with E-state index in [-0.39, 0.29) is 5.28 Å². The predicted molar refractivity (Wildman–Crippen MR) is 90.3 cm³/mol. The first-order valence-corrected chi connectivity index (χ1v) is 8.00. The van der Waals surface area contributed by atoms with Gasteiger partial charge >= 0.3 is 0 Å². The fourth-order valence-corrected chi connectivity index (χ4v) is 3.06. The lowest BCUT2D eigenvalue weighted by Crippen LogP contribution is -2.10. The second-order valence-electron chi connectivity index (χ2n) is 4.77. The smallest absolute Gasteiger partial charge is 0.226 e. The van der Waals surface area contributed by atoms with Gasteiger partial charge in [0.2, 0.25) is 5.28 Å². The Balaban J connectivity index is 1.95. The first-order chi connectivity index (χ1) is 10.7. The second-order valence-corrected chi connectivity index (χ2v) is 5.90. The summed E-state index contributed by atoms with van der Waals surface area (Å²) in [6, 6.07) is 3.75. The molecular weight excluding hydrogens is 370 g/mol. The Morgan fingerprint density at radius 3 is 3.00 bits per heavy atom. The average molecular weight is 385 g/mol. The normalized spacial score (nSPS) is 11.2. The number of aromatic amines is 1. The van der Waals surface area contributed by atoms with Crippen molar-refractivity contribution in [2.75, 3.05) is 18.9 Å². The lowest BCUT2D eigenvalue weighted by Gasteiger charge is -2.06. The van der Waals surface area contributed by atoms with E-state index < -0.39 is 0 Å². The number of rotatable bonds is 6. The largest absolute Gasteiger partial charge is 0.467 e. The number of hydrogen-bond acceptors (Lipinski definition) is 5. The van der Waals surface area contributed by atoms with Gasteiger partial charge in [-0.05, 0) is 46.7 Å². The van der Waals surface area contributed by atoms with Crippen LogP contribution < -0.4 is 10.6 Å². The molecule has 0 saturated carbocycles. The Hall–Kier alpha value is -1.57. The molecule has 116 valence electrons. The van der Waals surface area contributed by atoms with E-state index in [1.165, 1.54) is 0 Å². The van der Waals surface area contributed by atoms with Gasteiger partial charge in [-0.1, -0.05) is 0 Å². The lowest BCUT2D eigenvalue weighted by atomic mass is 10.3. The van der Waals surface area contributed by atoms with E-state index in [4.69, 9.17) is 16.0 Å². The van der Waals surface area contributed by atoms with Gasteiger partial charge in [0.1, 0.15) is 17.2 Å². The molecule has 0 atom stereocenters. The van der Waals surface area contributed by atoms with E-state index in [1.807, 2.05) is 19.2 Å². The first-order valence-electron chi connectivity index (χ1n) is 6.83. The monoisotopic (exact) mass is 383 g/mol. The minimum absolute atomic E-state index is 0.198. The summed E-state index contributed by atoms with van der Waals surface area (Å²) in [6.45, 7) is 1.39. The van der Waals surface area contributed by atoms with Crippen LogP contribution in [0, 0.1) is 0 Å². The maximum atomic E-state index is 6.02. The van der Waals surface area contributed by atoms with Crippen LogP contribution in [-0.4, -0.2) is 28.5 Å². The highest BCUT2D eigenvalue weighted by molar-refractivity contribution is 9.10. The van der Waals surface area contributed by atoms with Gasteiger partial charge < -0.3 is 20.0 Å². The Kier molecular flexibility index (Phi) is 4.66. The molecule has 0 bridgehead atoms. The zero-order valence-electron chi connectivity index (χ0n) is 11.9. The van der Waals surface area contributed by atoms with Gasteiger partial charge in [0.05, 0.1) is 22.7 Å². The summed E-state index contributed by atoms with van der Waals surface area (Å²) >= 11 is 9.65. The third kappa shape index (κ3) is 3.11. The molecule has 3 rings (SSSR count). The van der Waals surface area contributed by atoms with Crippen LogP contribution in [-0.2, 0) is 13.0 Å². The average Bonchev–Trinajstić information content (AvgIpc) is 3.11. The van der Waals surface area contributed by atoms with Crippen molar-refractivity contribution >= 4 is 44.4 Å². The van der Waals surface area contributed by atoms with Gasteiger partial charge in [-0.2, -0.15) is 9.97 Å². The van der Waals surface area contributed by atoms with Gasteiger partial charge in [-0.3, -0.25) is 0 Å². The fraction of sp³-hybridized carbons (Fsp3) is 0.286. The number of furan rings is 1. The highest BCUT2D eigenvalue weighted by Crippen LogP contribution is 2.33. The highest BCUT2D eigenvalue weighted by atomic mass is 79.9. The number of aromatic nitrogens is 3. The molecular formula is C14H15BrClN5O. The summed E-state index contributed by atoms with van der Waals surface area (Å²) in [5.74, 6) is 1.50. The van der Waals surface area contributed by atoms with E-state index in [9.17, 15) is 0 Å². The molecule has 3 aromatic rings. The van der Waals surface area contributed by atoms with Crippen molar-refractivity contribution in [3.63, 3.8) is 0 Å². The number of halogens is 2. The molecule has 8 heteroatoms. The molecule has 3 heterocycles. The maximum absolute atomic E-state index is 6.02. The first kappa shape index (κ1) is 15.3. The Morgan fingerprint density at radius 1 is 1.41 bits per heavy atom. The third-order valence-corrected chi connectivity index (χ3v) is 4.31. The summed E-state index contributed by atoms with van der Waals surface area (Å²) < 4.78 is 6.27. The molecule has 0 saturated heterocycles. The van der Waals surface area contributed by atoms with E-state index in [2.05, 4.69) is 41.5 Å². The second kappa shape index (κ2) is 6.68. The molecule has 6 nitrogen and oxygen atoms in total. The molecule has 3 N–H and O–H groups in total. The quantitative estimate of drug-likeness (QED) is 0.568. The molecule has 0 fully saturated rings. The molecule has 0 amide bonds. The van der Waals surface area contributed by atoms with Gasteiger partial charge in [0, 0.05) is 18.7 Å². The van der Waals surface area contributed by atoms with Crippen LogP contribution in [0.15, 0.2) is 27.3 Å². The Bertz CT molecular complexity index is 771. The van der Waals surface area contributed by atoms with Crippen molar-refractivity contribution in [1.82, 2.24) is 20.3 Å². The van der Waals surface area contributed by atoms with Crippen LogP contribution in [0.3, 0.4) is 0 Å². The molecule has 0 spiro atoms. The highest BCUT2D eigenvalue weighted by Gasteiger charge is 2.16. The number of nitrogens with one attached hydrogen (secondary N) is 3. The number of anilines is 1. The van der Waals surface area contributed by atoms with Crippen molar-refractivity contribution in [3.05, 3.63) is 39.6 Å². The SMILES string of the molecule is CNCCc1[nH]c2nc(Cl)nc(NCc3ccco3)c2c1Br. The van der Waals surface area contributed by atoms with Gasteiger partial charge in [-0.15, -0.1) is 0 Å². The van der Waals surface area contributed by atoms with E-state index in [1.54, 1.807) is 6.26 Å². The maximum Gasteiger partial charge on any atom is 0.226 e. The van der Waals surface area contributed by atoms with Crippen molar-refractivity contribution in [2.24, 2.45) is 0 Å². The van der Waals surface area contributed by atoms with Crippen LogP contribution in [0.2, 0.25) is 5.28 Å². The topological polar surface area (TPSA) is 78.8 Å². The predicted octanol–water partition coefficient (Wildman–Crippen LogP) is 3.34. The number of H-pyrrole nitrogens is 1. The van der Waals surface area contributed by atoms with Gasteiger partial charge in [0.15, 0.2) is 0 Å². The lowest BCUT2D eigenvalue weighted by molar-refractivity contribution is 0.518. The van der Waals surface area contributed by atoms with Crippen molar-refractivity contribution in [2.45, 2.75) is 13.0 Å². The van der Waals surface area contributed by atoms with Crippen LogP contribution in [0.25, 0.3) is 11.0 Å². The summed E-state index contributed by atoms with van der Waals surface area (Å²) in [7, 11) is 1.92. The zero-order valence-corrected chi connectivity index (χ0v) is 14.3. The fourth-order valence-electron chi connectivity index (χ4n) is 2.21. The number of nitrogens with zero attached hydrogens (tertiary/aromatic N) is 2. The standard InChI is InChI=1S/C14H15BrClN5O/c1-17-5-4-9-11(15)10-12(18-7-8-3-2-6-22-8)20-14(16)21-13(10)19-9/h2-3,6,17H,4-5,7H2,1H3,(H2,18,19,20,21). The van der Waals surface area contributed by atoms with E-state index in [0.717, 1.165) is 34.3 Å². The molecule has 0 aliphatic rings. The van der Waals surface area contributed by atoms with Crippen molar-refractivity contribution in [3.8, 4) is 0 Å². The van der Waals surface area contributed by atoms with E-state index in [0.29, 0.717) is 18.0 Å². The number of likely N-dealkylation sites (N-methyl/N-ethyl adjacent to an activating group) is 1. The summed E-state index contributed by atoms with van der Waals surface area (Å²) in [5, 5.41) is 7.46. The van der Waals surface area contributed by atoms with Gasteiger partial charge in [0.25, 0.3) is 0 Å². The van der Waals surface area contributed by atoms with Crippen LogP contribution in [0.5, 0.6) is 0 Å². The van der Waals surface area contributed by atoms with E-state index >= 15 is 0 Å². The molecule has 0 aromatic carbocycles.